The molecule has 10 heavy (non-hydrogen) atoms. The van der Waals surface area contributed by atoms with Crippen molar-refractivity contribution >= 4 is 0 Å². The molecule has 1 saturated heterocycles. The largest absolute Gasteiger partial charge is 0.329 e. The van der Waals surface area contributed by atoms with Gasteiger partial charge in [0.1, 0.15) is 0 Å². The van der Waals surface area contributed by atoms with E-state index in [0.29, 0.717) is 6.04 Å². The molecular formula is C8H18N2. The summed E-state index contributed by atoms with van der Waals surface area (Å²) in [5.74, 6) is 0.771. The Morgan fingerprint density at radius 3 is 3.00 bits per heavy atom. The average molecular weight is 142 g/mol. The van der Waals surface area contributed by atoms with Crippen molar-refractivity contribution in [2.45, 2.75) is 32.2 Å². The maximum Gasteiger partial charge on any atom is 0.0215 e. The van der Waals surface area contributed by atoms with E-state index in [4.69, 9.17) is 5.73 Å². The van der Waals surface area contributed by atoms with Crippen LogP contribution in [0, 0.1) is 5.92 Å². The van der Waals surface area contributed by atoms with Crippen molar-refractivity contribution in [3.05, 3.63) is 0 Å². The second-order valence-electron chi connectivity index (χ2n) is 3.27. The van der Waals surface area contributed by atoms with E-state index >= 15 is 0 Å². The maximum absolute atomic E-state index is 5.60. The zero-order chi connectivity index (χ0) is 7.40. The number of hydrogen-bond acceptors (Lipinski definition) is 2. The van der Waals surface area contributed by atoms with Gasteiger partial charge in [0.05, 0.1) is 0 Å². The Bertz CT molecular complexity index is 93.3. The predicted molar refractivity (Wildman–Crippen MR) is 43.9 cm³/mol. The third kappa shape index (κ3) is 1.96. The summed E-state index contributed by atoms with van der Waals surface area (Å²) in [5.41, 5.74) is 5.60. The first-order chi connectivity index (χ1) is 4.84. The number of hydrogen-bond donors (Lipinski definition) is 2. The zero-order valence-electron chi connectivity index (χ0n) is 6.77. The summed E-state index contributed by atoms with van der Waals surface area (Å²) in [7, 11) is 0. The van der Waals surface area contributed by atoms with E-state index in [9.17, 15) is 0 Å². The third-order valence-electron chi connectivity index (χ3n) is 2.43. The number of nitrogens with two attached hydrogens (primary N) is 1. The molecule has 1 heterocycles. The van der Waals surface area contributed by atoms with Gasteiger partial charge in [0.2, 0.25) is 0 Å². The summed E-state index contributed by atoms with van der Waals surface area (Å²) in [6, 6.07) is 0.572. The SMILES string of the molecule is CC1CCCCNC1CN. The van der Waals surface area contributed by atoms with Gasteiger partial charge in [0.15, 0.2) is 0 Å². The molecule has 3 N–H and O–H groups in total. The Morgan fingerprint density at radius 2 is 2.30 bits per heavy atom. The summed E-state index contributed by atoms with van der Waals surface area (Å²) < 4.78 is 0. The van der Waals surface area contributed by atoms with Crippen molar-refractivity contribution in [2.24, 2.45) is 11.7 Å². The highest BCUT2D eigenvalue weighted by Gasteiger charge is 2.16. The summed E-state index contributed by atoms with van der Waals surface area (Å²) in [6.45, 7) is 4.24. The first kappa shape index (κ1) is 8.02. The molecule has 0 aliphatic carbocycles. The molecule has 1 rings (SSSR count). The second-order valence-corrected chi connectivity index (χ2v) is 3.27. The van der Waals surface area contributed by atoms with Crippen LogP contribution < -0.4 is 11.1 Å². The number of nitrogens with one attached hydrogen (secondary N) is 1. The molecule has 1 fully saturated rings. The predicted octanol–water partition coefficient (Wildman–Crippen LogP) is 0.723. The molecule has 1 aliphatic heterocycles. The zero-order valence-corrected chi connectivity index (χ0v) is 6.77. The van der Waals surface area contributed by atoms with E-state index in [2.05, 4.69) is 12.2 Å². The van der Waals surface area contributed by atoms with Crippen LogP contribution in [0.2, 0.25) is 0 Å². The van der Waals surface area contributed by atoms with Crippen molar-refractivity contribution in [1.82, 2.24) is 5.32 Å². The highest BCUT2D eigenvalue weighted by Crippen LogP contribution is 2.14. The van der Waals surface area contributed by atoms with Crippen LogP contribution in [0.5, 0.6) is 0 Å². The fourth-order valence-electron chi connectivity index (χ4n) is 1.60. The molecule has 0 aromatic rings. The molecule has 0 amide bonds. The van der Waals surface area contributed by atoms with E-state index in [1.54, 1.807) is 0 Å². The molecular weight excluding hydrogens is 124 g/mol. The molecule has 0 aromatic heterocycles. The fraction of sp³-hybridized carbons (Fsp3) is 1.00. The van der Waals surface area contributed by atoms with Crippen LogP contribution in [-0.4, -0.2) is 19.1 Å². The van der Waals surface area contributed by atoms with Crippen molar-refractivity contribution < 1.29 is 0 Å². The van der Waals surface area contributed by atoms with Gasteiger partial charge in [-0.05, 0) is 25.3 Å². The van der Waals surface area contributed by atoms with E-state index in [-0.39, 0.29) is 0 Å². The lowest BCUT2D eigenvalue weighted by atomic mass is 9.98. The quantitative estimate of drug-likeness (QED) is 0.566. The molecule has 0 bridgehead atoms. The molecule has 1 aliphatic rings. The third-order valence-corrected chi connectivity index (χ3v) is 2.43. The maximum atomic E-state index is 5.60. The first-order valence-electron chi connectivity index (χ1n) is 4.28. The highest BCUT2D eigenvalue weighted by molar-refractivity contribution is 4.76. The van der Waals surface area contributed by atoms with Gasteiger partial charge in [-0.2, -0.15) is 0 Å². The molecule has 60 valence electrons. The molecule has 0 spiro atoms. The standard InChI is InChI=1S/C8H18N2/c1-7-4-2-3-5-10-8(7)6-9/h7-8,10H,2-6,9H2,1H3. The van der Waals surface area contributed by atoms with Gasteiger partial charge >= 0.3 is 0 Å². The molecule has 2 atom stereocenters. The molecule has 0 radical (unpaired) electrons. The second kappa shape index (κ2) is 3.94. The lowest BCUT2D eigenvalue weighted by Crippen LogP contribution is -2.39. The van der Waals surface area contributed by atoms with E-state index in [1.165, 1.54) is 19.3 Å². The van der Waals surface area contributed by atoms with Crippen LogP contribution in [0.3, 0.4) is 0 Å². The van der Waals surface area contributed by atoms with Gasteiger partial charge < -0.3 is 11.1 Å². The van der Waals surface area contributed by atoms with E-state index in [1.807, 2.05) is 0 Å². The Hall–Kier alpha value is -0.0800. The van der Waals surface area contributed by atoms with Gasteiger partial charge in [-0.15, -0.1) is 0 Å². The summed E-state index contributed by atoms with van der Waals surface area (Å²) >= 11 is 0. The van der Waals surface area contributed by atoms with Crippen LogP contribution >= 0.6 is 0 Å². The van der Waals surface area contributed by atoms with Gasteiger partial charge in [-0.1, -0.05) is 13.3 Å². The van der Waals surface area contributed by atoms with Gasteiger partial charge in [0, 0.05) is 12.6 Å². The van der Waals surface area contributed by atoms with Crippen LogP contribution in [0.25, 0.3) is 0 Å². The normalized spacial score (nSPS) is 35.4. The Balaban J connectivity index is 2.35. The molecule has 2 unspecified atom stereocenters. The van der Waals surface area contributed by atoms with Crippen LogP contribution in [0.1, 0.15) is 26.2 Å². The summed E-state index contributed by atoms with van der Waals surface area (Å²) in [5, 5.41) is 3.46. The topological polar surface area (TPSA) is 38.0 Å². The minimum Gasteiger partial charge on any atom is -0.329 e. The Kier molecular flexibility index (Phi) is 3.16. The molecule has 2 nitrogen and oxygen atoms in total. The van der Waals surface area contributed by atoms with Gasteiger partial charge in [-0.25, -0.2) is 0 Å². The molecule has 0 aromatic carbocycles. The van der Waals surface area contributed by atoms with Crippen LogP contribution in [0.4, 0.5) is 0 Å². The first-order valence-corrected chi connectivity index (χ1v) is 4.28. The van der Waals surface area contributed by atoms with E-state index < -0.39 is 0 Å². The summed E-state index contributed by atoms with van der Waals surface area (Å²) in [6.07, 6.45) is 4.03. The van der Waals surface area contributed by atoms with Crippen LogP contribution in [0.15, 0.2) is 0 Å². The van der Waals surface area contributed by atoms with Crippen molar-refractivity contribution in [3.8, 4) is 0 Å². The molecule has 0 saturated carbocycles. The van der Waals surface area contributed by atoms with E-state index in [0.717, 1.165) is 19.0 Å². The van der Waals surface area contributed by atoms with Gasteiger partial charge in [-0.3, -0.25) is 0 Å². The number of rotatable bonds is 1. The van der Waals surface area contributed by atoms with Crippen molar-refractivity contribution in [1.29, 1.82) is 0 Å². The van der Waals surface area contributed by atoms with Crippen LogP contribution in [-0.2, 0) is 0 Å². The highest BCUT2D eigenvalue weighted by atomic mass is 14.9. The Morgan fingerprint density at radius 1 is 1.50 bits per heavy atom. The Labute approximate surface area is 63.2 Å². The molecule has 2 heteroatoms. The van der Waals surface area contributed by atoms with Crippen molar-refractivity contribution in [3.63, 3.8) is 0 Å². The monoisotopic (exact) mass is 142 g/mol. The minimum absolute atomic E-state index is 0.572. The smallest absolute Gasteiger partial charge is 0.0215 e. The lowest BCUT2D eigenvalue weighted by molar-refractivity contribution is 0.396. The average Bonchev–Trinajstić information content (AvgIpc) is 2.13. The van der Waals surface area contributed by atoms with Crippen molar-refractivity contribution in [2.75, 3.05) is 13.1 Å². The lowest BCUT2D eigenvalue weighted by Gasteiger charge is -2.19. The minimum atomic E-state index is 0.572. The fourth-order valence-corrected chi connectivity index (χ4v) is 1.60. The van der Waals surface area contributed by atoms with Gasteiger partial charge in [0.25, 0.3) is 0 Å². The summed E-state index contributed by atoms with van der Waals surface area (Å²) in [4.78, 5) is 0.